The van der Waals surface area contributed by atoms with Crippen molar-refractivity contribution in [3.8, 4) is 16.9 Å². The molecule has 31 heavy (non-hydrogen) atoms. The van der Waals surface area contributed by atoms with Crippen molar-refractivity contribution in [3.63, 3.8) is 0 Å². The molecule has 2 aromatic carbocycles. The first kappa shape index (κ1) is 20.7. The molecule has 7 heteroatoms. The lowest BCUT2D eigenvalue weighted by Gasteiger charge is -2.18. The Balaban J connectivity index is 1.53. The molecule has 6 nitrogen and oxygen atoms in total. The van der Waals surface area contributed by atoms with Gasteiger partial charge in [-0.25, -0.2) is 4.98 Å². The van der Waals surface area contributed by atoms with E-state index in [0.29, 0.717) is 10.8 Å². The predicted molar refractivity (Wildman–Crippen MR) is 124 cm³/mol. The first-order valence-electron chi connectivity index (χ1n) is 9.85. The number of nitrogens with one attached hydrogen (secondary N) is 1. The predicted octanol–water partition coefficient (Wildman–Crippen LogP) is 4.91. The number of benzene rings is 2. The molecule has 2 heterocycles. The molecule has 0 aliphatic heterocycles. The number of rotatable bonds is 4. The van der Waals surface area contributed by atoms with Crippen LogP contribution >= 0.6 is 11.3 Å². The average Bonchev–Trinajstić information content (AvgIpc) is 3.22. The molecule has 1 amide bonds. The maximum atomic E-state index is 12.7. The molecule has 0 aliphatic carbocycles. The number of anilines is 1. The van der Waals surface area contributed by atoms with Gasteiger partial charge in [-0.1, -0.05) is 63.2 Å². The summed E-state index contributed by atoms with van der Waals surface area (Å²) in [4.78, 5) is 29.4. The van der Waals surface area contributed by atoms with Crippen molar-refractivity contribution in [2.75, 3.05) is 5.32 Å². The molecule has 1 N–H and O–H groups in total. The standard InChI is InChI=1S/C24H22N4O2S/c1-24(2,3)17-11-9-16(10-12-17)20-15-31-23(25-20)26-22(30)19-13-14-21(29)28(27-19)18-7-5-4-6-8-18/h4-15H,1-3H3,(H,25,26,30). The highest BCUT2D eigenvalue weighted by Crippen LogP contribution is 2.28. The number of carbonyl (C=O) groups excluding carboxylic acids is 1. The van der Waals surface area contributed by atoms with Gasteiger partial charge in [-0.15, -0.1) is 11.3 Å². The number of para-hydroxylation sites is 1. The maximum absolute atomic E-state index is 12.7. The summed E-state index contributed by atoms with van der Waals surface area (Å²) in [5.74, 6) is -0.423. The van der Waals surface area contributed by atoms with Crippen LogP contribution in [-0.4, -0.2) is 20.7 Å². The quantitative estimate of drug-likeness (QED) is 0.499. The molecule has 0 saturated carbocycles. The number of carbonyl (C=O) groups is 1. The molecule has 0 aliphatic rings. The fourth-order valence-electron chi connectivity index (χ4n) is 3.05. The summed E-state index contributed by atoms with van der Waals surface area (Å²) in [6.07, 6.45) is 0. The van der Waals surface area contributed by atoms with E-state index in [-0.39, 0.29) is 16.7 Å². The van der Waals surface area contributed by atoms with Crippen LogP contribution in [0.3, 0.4) is 0 Å². The third-order valence-electron chi connectivity index (χ3n) is 4.81. The second-order valence-corrected chi connectivity index (χ2v) is 8.98. The molecular formula is C24H22N4O2S. The fraction of sp³-hybridized carbons (Fsp3) is 0.167. The number of hydrogen-bond donors (Lipinski definition) is 1. The Morgan fingerprint density at radius 2 is 1.68 bits per heavy atom. The summed E-state index contributed by atoms with van der Waals surface area (Å²) in [6, 6.07) is 20.0. The molecule has 0 bridgehead atoms. The monoisotopic (exact) mass is 430 g/mol. The van der Waals surface area contributed by atoms with Gasteiger partial charge in [-0.05, 0) is 29.2 Å². The Kier molecular flexibility index (Phi) is 5.52. The third kappa shape index (κ3) is 4.62. The van der Waals surface area contributed by atoms with Crippen LogP contribution in [0.5, 0.6) is 0 Å². The molecule has 0 spiro atoms. The van der Waals surface area contributed by atoms with Crippen molar-refractivity contribution in [2.45, 2.75) is 26.2 Å². The maximum Gasteiger partial charge on any atom is 0.277 e. The smallest absolute Gasteiger partial charge is 0.277 e. The van der Waals surface area contributed by atoms with Gasteiger partial charge < -0.3 is 0 Å². The van der Waals surface area contributed by atoms with Gasteiger partial charge >= 0.3 is 0 Å². The van der Waals surface area contributed by atoms with E-state index in [0.717, 1.165) is 11.3 Å². The number of thiazole rings is 1. The summed E-state index contributed by atoms with van der Waals surface area (Å²) >= 11 is 1.34. The topological polar surface area (TPSA) is 76.9 Å². The van der Waals surface area contributed by atoms with Gasteiger partial charge in [0.1, 0.15) is 5.69 Å². The first-order chi connectivity index (χ1) is 14.8. The minimum absolute atomic E-state index is 0.0863. The van der Waals surface area contributed by atoms with Crippen molar-refractivity contribution >= 4 is 22.4 Å². The van der Waals surface area contributed by atoms with Crippen molar-refractivity contribution < 1.29 is 4.79 Å². The second-order valence-electron chi connectivity index (χ2n) is 8.12. The lowest BCUT2D eigenvalue weighted by Crippen LogP contribution is -2.24. The van der Waals surface area contributed by atoms with Crippen LogP contribution in [0.25, 0.3) is 16.9 Å². The Bertz CT molecular complexity index is 1270. The van der Waals surface area contributed by atoms with Crippen LogP contribution in [0.1, 0.15) is 36.8 Å². The number of amides is 1. The zero-order valence-electron chi connectivity index (χ0n) is 17.5. The van der Waals surface area contributed by atoms with E-state index in [1.165, 1.54) is 33.7 Å². The lowest BCUT2D eigenvalue weighted by atomic mass is 9.86. The van der Waals surface area contributed by atoms with E-state index in [1.54, 1.807) is 24.3 Å². The molecule has 0 radical (unpaired) electrons. The van der Waals surface area contributed by atoms with Crippen LogP contribution in [0, 0.1) is 0 Å². The number of hydrogen-bond acceptors (Lipinski definition) is 5. The molecular weight excluding hydrogens is 408 g/mol. The van der Waals surface area contributed by atoms with E-state index in [1.807, 2.05) is 23.6 Å². The largest absolute Gasteiger partial charge is 0.296 e. The van der Waals surface area contributed by atoms with Crippen molar-refractivity contribution in [1.29, 1.82) is 0 Å². The zero-order valence-corrected chi connectivity index (χ0v) is 18.3. The van der Waals surface area contributed by atoms with Crippen LogP contribution in [0.2, 0.25) is 0 Å². The minimum Gasteiger partial charge on any atom is -0.296 e. The second kappa shape index (κ2) is 8.28. The van der Waals surface area contributed by atoms with E-state index >= 15 is 0 Å². The van der Waals surface area contributed by atoms with E-state index in [9.17, 15) is 9.59 Å². The Morgan fingerprint density at radius 3 is 2.35 bits per heavy atom. The minimum atomic E-state index is -0.423. The van der Waals surface area contributed by atoms with Gasteiger partial charge in [0, 0.05) is 17.0 Å². The summed E-state index contributed by atoms with van der Waals surface area (Å²) in [5, 5.41) is 9.35. The Morgan fingerprint density at radius 1 is 0.968 bits per heavy atom. The molecule has 2 aromatic heterocycles. The lowest BCUT2D eigenvalue weighted by molar-refractivity contribution is 0.102. The molecule has 0 saturated heterocycles. The normalized spacial score (nSPS) is 11.3. The summed E-state index contributed by atoms with van der Waals surface area (Å²) in [5.41, 5.74) is 3.54. The SMILES string of the molecule is CC(C)(C)c1ccc(-c2csc(NC(=O)c3ccc(=O)n(-c4ccccc4)n3)n2)cc1. The van der Waals surface area contributed by atoms with E-state index in [2.05, 4.69) is 48.3 Å². The summed E-state index contributed by atoms with van der Waals surface area (Å²) in [7, 11) is 0. The number of aromatic nitrogens is 3. The van der Waals surface area contributed by atoms with E-state index < -0.39 is 5.91 Å². The van der Waals surface area contributed by atoms with Gasteiger partial charge in [0.2, 0.25) is 0 Å². The molecule has 0 atom stereocenters. The highest BCUT2D eigenvalue weighted by molar-refractivity contribution is 7.14. The van der Waals surface area contributed by atoms with Crippen molar-refractivity contribution in [1.82, 2.24) is 14.8 Å². The highest BCUT2D eigenvalue weighted by atomic mass is 32.1. The van der Waals surface area contributed by atoms with Gasteiger partial charge in [0.25, 0.3) is 11.5 Å². The molecule has 0 unspecified atom stereocenters. The highest BCUT2D eigenvalue weighted by Gasteiger charge is 2.15. The van der Waals surface area contributed by atoms with Crippen molar-refractivity contribution in [3.05, 3.63) is 93.7 Å². The summed E-state index contributed by atoms with van der Waals surface area (Å²) < 4.78 is 1.21. The van der Waals surface area contributed by atoms with Crippen LogP contribution in [0.4, 0.5) is 5.13 Å². The van der Waals surface area contributed by atoms with E-state index in [4.69, 9.17) is 0 Å². The first-order valence-corrected chi connectivity index (χ1v) is 10.7. The molecule has 156 valence electrons. The average molecular weight is 431 g/mol. The van der Waals surface area contributed by atoms with Crippen LogP contribution < -0.4 is 10.9 Å². The molecule has 4 aromatic rings. The summed E-state index contributed by atoms with van der Waals surface area (Å²) in [6.45, 7) is 6.52. The Hall–Kier alpha value is -3.58. The number of nitrogens with zero attached hydrogens (tertiary/aromatic N) is 3. The zero-order chi connectivity index (χ0) is 22.0. The van der Waals surface area contributed by atoms with Gasteiger partial charge in [0.05, 0.1) is 11.4 Å². The van der Waals surface area contributed by atoms with Gasteiger partial charge in [-0.3, -0.25) is 14.9 Å². The van der Waals surface area contributed by atoms with Crippen LogP contribution in [0.15, 0.2) is 76.9 Å². The van der Waals surface area contributed by atoms with Gasteiger partial charge in [0.15, 0.2) is 5.13 Å². The van der Waals surface area contributed by atoms with Crippen LogP contribution in [-0.2, 0) is 5.41 Å². The fourth-order valence-corrected chi connectivity index (χ4v) is 3.77. The third-order valence-corrected chi connectivity index (χ3v) is 5.56. The Labute approximate surface area is 184 Å². The molecule has 0 fully saturated rings. The van der Waals surface area contributed by atoms with Gasteiger partial charge in [-0.2, -0.15) is 9.78 Å². The van der Waals surface area contributed by atoms with Crippen molar-refractivity contribution in [2.24, 2.45) is 0 Å². The molecule has 4 rings (SSSR count).